The third-order valence-electron chi connectivity index (χ3n) is 5.32. The molecular weight excluding hydrogens is 356 g/mol. The van der Waals surface area contributed by atoms with Crippen molar-refractivity contribution in [3.05, 3.63) is 23.8 Å². The molecule has 3 heterocycles. The summed E-state index contributed by atoms with van der Waals surface area (Å²) in [5, 5.41) is 2.08. The van der Waals surface area contributed by atoms with Gasteiger partial charge in [0.1, 0.15) is 5.75 Å². The van der Waals surface area contributed by atoms with E-state index in [1.807, 2.05) is 30.9 Å². The Morgan fingerprint density at radius 3 is 2.72 bits per heavy atom. The van der Waals surface area contributed by atoms with Gasteiger partial charge in [-0.3, -0.25) is 4.79 Å². The number of hydrogen-bond donors (Lipinski definition) is 0. The van der Waals surface area contributed by atoms with Crippen molar-refractivity contribution in [2.24, 2.45) is 13.0 Å². The highest BCUT2D eigenvalue weighted by Crippen LogP contribution is 2.42. The number of fused-ring (bicyclic) bond motifs is 3. The van der Waals surface area contributed by atoms with Crippen LogP contribution in [0.15, 0.2) is 23.2 Å². The van der Waals surface area contributed by atoms with Gasteiger partial charge in [-0.05, 0) is 38.1 Å². The van der Waals surface area contributed by atoms with Gasteiger partial charge in [0.05, 0.1) is 28.6 Å². The molecule has 0 spiro atoms. The number of carbonyl (C=O) groups is 1. The largest absolute Gasteiger partial charge is 0.496 e. The Labute approximate surface area is 159 Å². The highest BCUT2D eigenvalue weighted by Gasteiger charge is 2.34. The fourth-order valence-electron chi connectivity index (χ4n) is 4.05. The quantitative estimate of drug-likeness (QED) is 0.806. The molecule has 1 fully saturated rings. The number of thioether (sulfide) groups is 1. The van der Waals surface area contributed by atoms with Gasteiger partial charge in [0.15, 0.2) is 5.78 Å². The number of ketones is 1. The first-order valence-corrected chi connectivity index (χ1v) is 9.74. The Balaban J connectivity index is 0.00000182. The molecule has 2 aliphatic rings. The van der Waals surface area contributed by atoms with Crippen LogP contribution in [0.5, 0.6) is 5.75 Å². The number of aromatic nitrogens is 1. The number of rotatable bonds is 3. The Morgan fingerprint density at radius 2 is 2.00 bits per heavy atom. The number of piperidine rings is 1. The average molecular weight is 381 g/mol. The highest BCUT2D eigenvalue weighted by atomic mass is 35.5. The van der Waals surface area contributed by atoms with Gasteiger partial charge in [-0.2, -0.15) is 0 Å². The van der Waals surface area contributed by atoms with E-state index in [2.05, 4.69) is 15.5 Å². The molecule has 0 N–H and O–H groups in total. The smallest absolute Gasteiger partial charge is 0.171 e. The molecule has 0 amide bonds. The molecular formula is C19H25ClN2O2S. The van der Waals surface area contributed by atoms with Crippen LogP contribution < -0.4 is 4.74 Å². The van der Waals surface area contributed by atoms with Crippen LogP contribution in [0.1, 0.15) is 29.6 Å². The number of ether oxygens (including phenoxy) is 1. The van der Waals surface area contributed by atoms with Crippen LogP contribution in [0, 0.1) is 5.92 Å². The molecule has 6 heteroatoms. The van der Waals surface area contributed by atoms with E-state index in [1.165, 1.54) is 19.3 Å². The molecule has 136 valence electrons. The number of hydrogen-bond acceptors (Lipinski definition) is 4. The van der Waals surface area contributed by atoms with E-state index in [0.717, 1.165) is 52.6 Å². The maximum Gasteiger partial charge on any atom is 0.171 e. The van der Waals surface area contributed by atoms with Crippen molar-refractivity contribution < 1.29 is 9.53 Å². The van der Waals surface area contributed by atoms with Crippen molar-refractivity contribution in [1.29, 1.82) is 0 Å². The van der Waals surface area contributed by atoms with Crippen molar-refractivity contribution in [2.45, 2.75) is 24.3 Å². The second-order valence-corrected chi connectivity index (χ2v) is 7.84. The van der Waals surface area contributed by atoms with Gasteiger partial charge in [0, 0.05) is 25.3 Å². The van der Waals surface area contributed by atoms with Crippen molar-refractivity contribution >= 4 is 40.9 Å². The standard InChI is InChI=1S/C19H24N2O2S.ClH/c1-20-14-7-6-8-15(23-2)16(14)17-18(22)13(12-24-19(17)20)11-21-9-4-3-5-10-21;/h6-8,13H,3-5,9-12H2,1-2H3;1H. The predicted molar refractivity (Wildman–Crippen MR) is 106 cm³/mol. The summed E-state index contributed by atoms with van der Waals surface area (Å²) in [6.07, 6.45) is 3.86. The van der Waals surface area contributed by atoms with Crippen LogP contribution in [-0.4, -0.2) is 47.7 Å². The van der Waals surface area contributed by atoms with Crippen LogP contribution in [0.4, 0.5) is 0 Å². The molecule has 1 aromatic carbocycles. The summed E-state index contributed by atoms with van der Waals surface area (Å²) in [4.78, 5) is 15.7. The maximum absolute atomic E-state index is 13.3. The summed E-state index contributed by atoms with van der Waals surface area (Å²) in [5.41, 5.74) is 1.96. The van der Waals surface area contributed by atoms with E-state index >= 15 is 0 Å². The summed E-state index contributed by atoms with van der Waals surface area (Å²) >= 11 is 1.82. The van der Waals surface area contributed by atoms with Crippen molar-refractivity contribution in [3.8, 4) is 5.75 Å². The second kappa shape index (κ2) is 7.60. The van der Waals surface area contributed by atoms with E-state index in [1.54, 1.807) is 7.11 Å². The molecule has 0 saturated carbocycles. The molecule has 25 heavy (non-hydrogen) atoms. The summed E-state index contributed by atoms with van der Waals surface area (Å²) in [7, 11) is 3.73. The lowest BCUT2D eigenvalue weighted by Crippen LogP contribution is -2.39. The topological polar surface area (TPSA) is 34.5 Å². The number of benzene rings is 1. The molecule has 4 nitrogen and oxygen atoms in total. The first-order valence-electron chi connectivity index (χ1n) is 8.75. The minimum absolute atomic E-state index is 0. The van der Waals surface area contributed by atoms with Gasteiger partial charge in [0.25, 0.3) is 0 Å². The van der Waals surface area contributed by atoms with E-state index in [-0.39, 0.29) is 18.3 Å². The number of halogens is 1. The second-order valence-electron chi connectivity index (χ2n) is 6.83. The van der Waals surface area contributed by atoms with Gasteiger partial charge in [-0.1, -0.05) is 12.5 Å². The maximum atomic E-state index is 13.3. The summed E-state index contributed by atoms with van der Waals surface area (Å²) < 4.78 is 7.70. The van der Waals surface area contributed by atoms with Crippen LogP contribution in [0.25, 0.3) is 10.9 Å². The molecule has 2 aliphatic heterocycles. The first-order chi connectivity index (χ1) is 11.7. The minimum atomic E-state index is 0. The lowest BCUT2D eigenvalue weighted by Gasteiger charge is -2.31. The van der Waals surface area contributed by atoms with Crippen LogP contribution in [-0.2, 0) is 7.05 Å². The third kappa shape index (κ3) is 3.18. The monoisotopic (exact) mass is 380 g/mol. The molecule has 1 atom stereocenters. The van der Waals surface area contributed by atoms with E-state index in [9.17, 15) is 4.79 Å². The zero-order valence-electron chi connectivity index (χ0n) is 14.8. The predicted octanol–water partition coefficient (Wildman–Crippen LogP) is 4.00. The first kappa shape index (κ1) is 18.6. The highest BCUT2D eigenvalue weighted by molar-refractivity contribution is 7.99. The lowest BCUT2D eigenvalue weighted by atomic mass is 9.96. The summed E-state index contributed by atoms with van der Waals surface area (Å²) in [6, 6.07) is 6.02. The van der Waals surface area contributed by atoms with Crippen LogP contribution in [0.2, 0.25) is 0 Å². The molecule has 4 rings (SSSR count). The summed E-state index contributed by atoms with van der Waals surface area (Å²) in [6.45, 7) is 3.18. The Kier molecular flexibility index (Phi) is 5.66. The fourth-order valence-corrected chi connectivity index (χ4v) is 5.31. The SMILES string of the molecule is COc1cccc2c1c1c(n2C)SCC(CN2CCCCC2)C1=O.Cl. The number of Topliss-reactive ketones (excluding diaryl/α,β-unsaturated/α-hetero) is 1. The number of likely N-dealkylation sites (tertiary alicyclic amines) is 1. The number of nitrogens with zero attached hydrogens (tertiary/aromatic N) is 2. The molecule has 1 saturated heterocycles. The minimum Gasteiger partial charge on any atom is -0.496 e. The van der Waals surface area contributed by atoms with E-state index < -0.39 is 0 Å². The zero-order chi connectivity index (χ0) is 16.7. The molecule has 0 bridgehead atoms. The molecule has 0 radical (unpaired) electrons. The molecule has 0 aliphatic carbocycles. The molecule has 1 aromatic heterocycles. The van der Waals surface area contributed by atoms with Crippen molar-refractivity contribution in [1.82, 2.24) is 9.47 Å². The van der Waals surface area contributed by atoms with Gasteiger partial charge in [0.2, 0.25) is 0 Å². The van der Waals surface area contributed by atoms with E-state index in [0.29, 0.717) is 5.78 Å². The molecule has 1 unspecified atom stereocenters. The Hall–Kier alpha value is -1.17. The van der Waals surface area contributed by atoms with Crippen LogP contribution >= 0.6 is 24.2 Å². The fraction of sp³-hybridized carbons (Fsp3) is 0.526. The molecule has 2 aromatic rings. The van der Waals surface area contributed by atoms with Crippen molar-refractivity contribution in [3.63, 3.8) is 0 Å². The van der Waals surface area contributed by atoms with Gasteiger partial charge >= 0.3 is 0 Å². The van der Waals surface area contributed by atoms with Gasteiger partial charge in [-0.15, -0.1) is 24.2 Å². The van der Waals surface area contributed by atoms with Gasteiger partial charge < -0.3 is 14.2 Å². The van der Waals surface area contributed by atoms with Gasteiger partial charge in [-0.25, -0.2) is 0 Å². The summed E-state index contributed by atoms with van der Waals surface area (Å²) in [5.74, 6) is 2.08. The lowest BCUT2D eigenvalue weighted by molar-refractivity contribution is 0.0882. The Morgan fingerprint density at radius 1 is 1.24 bits per heavy atom. The average Bonchev–Trinajstić information content (AvgIpc) is 2.92. The Bertz CT molecular complexity index is 783. The van der Waals surface area contributed by atoms with Crippen molar-refractivity contribution in [2.75, 3.05) is 32.5 Å². The number of methoxy groups -OCH3 is 1. The number of aryl methyl sites for hydroxylation is 1. The third-order valence-corrected chi connectivity index (χ3v) is 6.64. The normalized spacial score (nSPS) is 21.0. The van der Waals surface area contributed by atoms with Crippen LogP contribution in [0.3, 0.4) is 0 Å². The van der Waals surface area contributed by atoms with E-state index in [4.69, 9.17) is 4.74 Å². The number of carbonyl (C=O) groups excluding carboxylic acids is 1. The zero-order valence-corrected chi connectivity index (χ0v) is 16.4.